The van der Waals surface area contributed by atoms with Gasteiger partial charge < -0.3 is 4.74 Å². The lowest BCUT2D eigenvalue weighted by atomic mass is 10.1. The number of pyridine rings is 1. The number of rotatable bonds is 2. The Hall–Kier alpha value is -1.12. The molecule has 1 fully saturated rings. The Morgan fingerprint density at radius 2 is 1.87 bits per heavy atom. The van der Waals surface area contributed by atoms with Crippen LogP contribution in [0.4, 0.5) is 4.39 Å². The molecule has 0 saturated heterocycles. The van der Waals surface area contributed by atoms with E-state index >= 15 is 0 Å². The Bertz CT molecular complexity index is 308. The molecule has 0 spiro atoms. The molecular formula is C12H16FNO. The zero-order valence-corrected chi connectivity index (χ0v) is 8.79. The van der Waals surface area contributed by atoms with E-state index in [0.29, 0.717) is 5.88 Å². The molecule has 1 saturated carbocycles. The Morgan fingerprint density at radius 3 is 2.53 bits per heavy atom. The lowest BCUT2D eigenvalue weighted by molar-refractivity contribution is 0.174. The Balaban J connectivity index is 1.95. The predicted molar refractivity (Wildman–Crippen MR) is 56.3 cm³/mol. The van der Waals surface area contributed by atoms with Gasteiger partial charge in [0.1, 0.15) is 6.10 Å². The lowest BCUT2D eigenvalue weighted by Gasteiger charge is -2.15. The molecule has 0 radical (unpaired) electrons. The highest BCUT2D eigenvalue weighted by Gasteiger charge is 2.14. The van der Waals surface area contributed by atoms with Crippen molar-refractivity contribution >= 4 is 0 Å². The molecule has 1 aliphatic rings. The maximum absolute atomic E-state index is 12.8. The summed E-state index contributed by atoms with van der Waals surface area (Å²) >= 11 is 0. The van der Waals surface area contributed by atoms with Gasteiger partial charge in [0.05, 0.1) is 0 Å². The second-order valence-electron chi connectivity index (χ2n) is 4.03. The van der Waals surface area contributed by atoms with Crippen molar-refractivity contribution < 1.29 is 9.13 Å². The van der Waals surface area contributed by atoms with Gasteiger partial charge in [-0.15, -0.1) is 0 Å². The molecule has 3 heteroatoms. The van der Waals surface area contributed by atoms with Crippen LogP contribution in [0.25, 0.3) is 0 Å². The summed E-state index contributed by atoms with van der Waals surface area (Å²) in [7, 11) is 0. The molecule has 0 N–H and O–H groups in total. The standard InChI is InChI=1S/C12H16FNO/c13-11-8-5-9-12(14-11)15-10-6-3-1-2-4-7-10/h5,8-10H,1-4,6-7H2. The molecule has 1 heterocycles. The van der Waals surface area contributed by atoms with E-state index in [0.717, 1.165) is 12.8 Å². The predicted octanol–water partition coefficient (Wildman–Crippen LogP) is 3.32. The average Bonchev–Trinajstić information content (AvgIpc) is 2.46. The minimum atomic E-state index is -0.471. The van der Waals surface area contributed by atoms with Crippen molar-refractivity contribution in [3.63, 3.8) is 0 Å². The van der Waals surface area contributed by atoms with Crippen molar-refractivity contribution in [1.29, 1.82) is 0 Å². The topological polar surface area (TPSA) is 22.1 Å². The zero-order valence-electron chi connectivity index (χ0n) is 8.79. The number of nitrogens with zero attached hydrogens (tertiary/aromatic N) is 1. The number of halogens is 1. The van der Waals surface area contributed by atoms with Gasteiger partial charge in [0, 0.05) is 6.07 Å². The molecule has 0 aromatic carbocycles. The molecule has 2 nitrogen and oxygen atoms in total. The van der Waals surface area contributed by atoms with Gasteiger partial charge >= 0.3 is 0 Å². The number of hydrogen-bond acceptors (Lipinski definition) is 2. The zero-order chi connectivity index (χ0) is 10.5. The number of aromatic nitrogens is 1. The summed E-state index contributed by atoms with van der Waals surface area (Å²) < 4.78 is 18.5. The average molecular weight is 209 g/mol. The Kier molecular flexibility index (Phi) is 3.54. The van der Waals surface area contributed by atoms with Gasteiger partial charge in [-0.3, -0.25) is 0 Å². The fraction of sp³-hybridized carbons (Fsp3) is 0.583. The summed E-state index contributed by atoms with van der Waals surface area (Å²) in [5, 5.41) is 0. The molecule has 0 unspecified atom stereocenters. The Morgan fingerprint density at radius 1 is 1.13 bits per heavy atom. The van der Waals surface area contributed by atoms with Crippen molar-refractivity contribution in [3.8, 4) is 5.88 Å². The maximum atomic E-state index is 12.8. The SMILES string of the molecule is Fc1cccc(OC2CCCCCC2)n1. The van der Waals surface area contributed by atoms with E-state index in [9.17, 15) is 4.39 Å². The molecule has 1 aliphatic carbocycles. The molecule has 15 heavy (non-hydrogen) atoms. The van der Waals surface area contributed by atoms with Gasteiger partial charge in [0.2, 0.25) is 11.8 Å². The summed E-state index contributed by atoms with van der Waals surface area (Å²) in [6.07, 6.45) is 7.35. The van der Waals surface area contributed by atoms with Crippen molar-refractivity contribution in [2.75, 3.05) is 0 Å². The summed E-state index contributed by atoms with van der Waals surface area (Å²) in [6.45, 7) is 0. The lowest BCUT2D eigenvalue weighted by Crippen LogP contribution is -2.15. The van der Waals surface area contributed by atoms with Crippen LogP contribution in [0.3, 0.4) is 0 Å². The summed E-state index contributed by atoms with van der Waals surface area (Å²) in [5.74, 6) is -0.0528. The third kappa shape index (κ3) is 3.18. The number of hydrogen-bond donors (Lipinski definition) is 0. The van der Waals surface area contributed by atoms with Gasteiger partial charge in [-0.25, -0.2) is 0 Å². The van der Waals surface area contributed by atoms with E-state index in [1.54, 1.807) is 12.1 Å². The third-order valence-corrected chi connectivity index (χ3v) is 2.78. The first-order valence-electron chi connectivity index (χ1n) is 5.64. The smallest absolute Gasteiger partial charge is 0.216 e. The minimum absolute atomic E-state index is 0.224. The van der Waals surface area contributed by atoms with E-state index in [4.69, 9.17) is 4.74 Å². The fourth-order valence-corrected chi connectivity index (χ4v) is 1.99. The van der Waals surface area contributed by atoms with Crippen LogP contribution >= 0.6 is 0 Å². The van der Waals surface area contributed by atoms with Gasteiger partial charge in [0.15, 0.2) is 0 Å². The largest absolute Gasteiger partial charge is 0.474 e. The fourth-order valence-electron chi connectivity index (χ4n) is 1.99. The summed E-state index contributed by atoms with van der Waals surface area (Å²) in [5.41, 5.74) is 0. The van der Waals surface area contributed by atoms with Crippen molar-refractivity contribution in [3.05, 3.63) is 24.1 Å². The highest BCUT2D eigenvalue weighted by molar-refractivity contribution is 5.10. The first kappa shape index (κ1) is 10.4. The molecular weight excluding hydrogens is 193 g/mol. The van der Waals surface area contributed by atoms with E-state index in [-0.39, 0.29) is 6.10 Å². The molecule has 82 valence electrons. The second-order valence-corrected chi connectivity index (χ2v) is 4.03. The van der Waals surface area contributed by atoms with Gasteiger partial charge in [-0.05, 0) is 31.7 Å². The molecule has 0 bridgehead atoms. The van der Waals surface area contributed by atoms with Crippen LogP contribution in [-0.4, -0.2) is 11.1 Å². The highest BCUT2D eigenvalue weighted by Crippen LogP contribution is 2.21. The van der Waals surface area contributed by atoms with E-state index in [1.807, 2.05) is 0 Å². The first-order chi connectivity index (χ1) is 7.34. The van der Waals surface area contributed by atoms with Gasteiger partial charge in [-0.1, -0.05) is 18.9 Å². The number of ether oxygens (including phenoxy) is 1. The first-order valence-corrected chi connectivity index (χ1v) is 5.64. The van der Waals surface area contributed by atoms with E-state index in [2.05, 4.69) is 4.98 Å². The molecule has 1 aromatic rings. The van der Waals surface area contributed by atoms with Crippen LogP contribution in [0.1, 0.15) is 38.5 Å². The second kappa shape index (κ2) is 5.10. The van der Waals surface area contributed by atoms with E-state index < -0.39 is 5.95 Å². The minimum Gasteiger partial charge on any atom is -0.474 e. The molecule has 1 aromatic heterocycles. The highest BCUT2D eigenvalue weighted by atomic mass is 19.1. The maximum Gasteiger partial charge on any atom is 0.216 e. The molecule has 0 amide bonds. The van der Waals surface area contributed by atoms with Crippen LogP contribution in [0.5, 0.6) is 5.88 Å². The van der Waals surface area contributed by atoms with Crippen LogP contribution in [0.15, 0.2) is 18.2 Å². The van der Waals surface area contributed by atoms with Crippen LogP contribution in [0.2, 0.25) is 0 Å². The van der Waals surface area contributed by atoms with E-state index in [1.165, 1.54) is 31.7 Å². The molecule has 0 atom stereocenters. The monoisotopic (exact) mass is 209 g/mol. The van der Waals surface area contributed by atoms with Crippen molar-refractivity contribution in [1.82, 2.24) is 4.98 Å². The quantitative estimate of drug-likeness (QED) is 0.550. The van der Waals surface area contributed by atoms with Crippen LogP contribution < -0.4 is 4.74 Å². The van der Waals surface area contributed by atoms with Crippen molar-refractivity contribution in [2.45, 2.75) is 44.6 Å². The molecule has 2 rings (SSSR count). The van der Waals surface area contributed by atoms with Crippen molar-refractivity contribution in [2.24, 2.45) is 0 Å². The third-order valence-electron chi connectivity index (χ3n) is 2.78. The normalized spacial score (nSPS) is 18.5. The Labute approximate surface area is 89.5 Å². The van der Waals surface area contributed by atoms with Gasteiger partial charge in [0.25, 0.3) is 0 Å². The summed E-state index contributed by atoms with van der Waals surface area (Å²) in [4.78, 5) is 3.71. The molecule has 0 aliphatic heterocycles. The van der Waals surface area contributed by atoms with Gasteiger partial charge in [-0.2, -0.15) is 9.37 Å². The van der Waals surface area contributed by atoms with Crippen LogP contribution in [-0.2, 0) is 0 Å². The summed E-state index contributed by atoms with van der Waals surface area (Å²) in [6, 6.07) is 4.68. The van der Waals surface area contributed by atoms with Crippen LogP contribution in [0, 0.1) is 5.95 Å².